The lowest BCUT2D eigenvalue weighted by molar-refractivity contribution is 0.605. The molecule has 20 heavy (non-hydrogen) atoms. The van der Waals surface area contributed by atoms with Crippen molar-refractivity contribution in [3.8, 4) is 5.82 Å². The molecule has 0 fully saturated rings. The minimum absolute atomic E-state index is 0.437. The summed E-state index contributed by atoms with van der Waals surface area (Å²) in [6.07, 6.45) is 6.26. The van der Waals surface area contributed by atoms with Crippen LogP contribution in [0.1, 0.15) is 43.1 Å². The summed E-state index contributed by atoms with van der Waals surface area (Å²) in [4.78, 5) is 8.43. The van der Waals surface area contributed by atoms with Crippen molar-refractivity contribution in [3.05, 3.63) is 35.5 Å². The Balaban J connectivity index is 2.25. The summed E-state index contributed by atoms with van der Waals surface area (Å²) in [5, 5.41) is 8.09. The average Bonchev–Trinajstić information content (AvgIpc) is 2.75. The van der Waals surface area contributed by atoms with E-state index in [1.54, 1.807) is 18.6 Å². The van der Waals surface area contributed by atoms with Crippen molar-refractivity contribution >= 4 is 0 Å². The topological polar surface area (TPSA) is 55.6 Å². The van der Waals surface area contributed by atoms with E-state index < -0.39 is 0 Å². The van der Waals surface area contributed by atoms with E-state index in [1.165, 1.54) is 5.56 Å². The van der Waals surface area contributed by atoms with Crippen LogP contribution in [0.4, 0.5) is 0 Å². The quantitative estimate of drug-likeness (QED) is 0.821. The molecule has 0 aliphatic carbocycles. The maximum absolute atomic E-state index is 4.62. The van der Waals surface area contributed by atoms with Crippen molar-refractivity contribution in [2.75, 3.05) is 13.1 Å². The Morgan fingerprint density at radius 3 is 2.75 bits per heavy atom. The van der Waals surface area contributed by atoms with Crippen LogP contribution in [-0.4, -0.2) is 32.8 Å². The first kappa shape index (κ1) is 14.7. The molecule has 0 radical (unpaired) electrons. The Hall–Kier alpha value is -1.75. The Morgan fingerprint density at radius 1 is 1.30 bits per heavy atom. The summed E-state index contributed by atoms with van der Waals surface area (Å²) in [7, 11) is 0. The van der Waals surface area contributed by atoms with Crippen molar-refractivity contribution in [3.63, 3.8) is 0 Å². The standard InChI is InChI=1S/C15H23N5/c1-5-6-16-9-11(2)15-12(3)19-20(13(15)4)14-10-17-7-8-18-14/h7-8,10-11,16H,5-6,9H2,1-4H3. The fourth-order valence-corrected chi connectivity index (χ4v) is 2.59. The molecule has 0 amide bonds. The highest BCUT2D eigenvalue weighted by Crippen LogP contribution is 2.24. The van der Waals surface area contributed by atoms with Crippen LogP contribution in [0.15, 0.2) is 18.6 Å². The van der Waals surface area contributed by atoms with Gasteiger partial charge in [-0.15, -0.1) is 0 Å². The van der Waals surface area contributed by atoms with E-state index in [2.05, 4.69) is 48.1 Å². The third-order valence-corrected chi connectivity index (χ3v) is 3.48. The van der Waals surface area contributed by atoms with Crippen LogP contribution >= 0.6 is 0 Å². The molecule has 0 aliphatic rings. The minimum atomic E-state index is 0.437. The Labute approximate surface area is 120 Å². The Kier molecular flexibility index (Phi) is 4.84. The molecule has 108 valence electrons. The zero-order chi connectivity index (χ0) is 14.5. The lowest BCUT2D eigenvalue weighted by atomic mass is 9.99. The monoisotopic (exact) mass is 273 g/mol. The molecule has 1 atom stereocenters. The first-order valence-electron chi connectivity index (χ1n) is 7.18. The van der Waals surface area contributed by atoms with E-state index in [-0.39, 0.29) is 0 Å². The van der Waals surface area contributed by atoms with E-state index in [4.69, 9.17) is 0 Å². The van der Waals surface area contributed by atoms with Crippen molar-refractivity contribution < 1.29 is 0 Å². The molecule has 2 rings (SSSR count). The normalized spacial score (nSPS) is 12.6. The van der Waals surface area contributed by atoms with E-state index in [0.29, 0.717) is 5.92 Å². The van der Waals surface area contributed by atoms with Crippen LogP contribution in [0.2, 0.25) is 0 Å². The van der Waals surface area contributed by atoms with Gasteiger partial charge in [-0.05, 0) is 32.7 Å². The highest BCUT2D eigenvalue weighted by atomic mass is 15.3. The molecule has 0 bridgehead atoms. The van der Waals surface area contributed by atoms with E-state index >= 15 is 0 Å². The zero-order valence-electron chi connectivity index (χ0n) is 12.7. The van der Waals surface area contributed by atoms with Gasteiger partial charge in [0.1, 0.15) is 0 Å². The lowest BCUT2D eigenvalue weighted by Gasteiger charge is -2.13. The maximum atomic E-state index is 4.62. The Bertz CT molecular complexity index is 547. The summed E-state index contributed by atoms with van der Waals surface area (Å²) in [5.41, 5.74) is 3.52. The predicted molar refractivity (Wildman–Crippen MR) is 80.2 cm³/mol. The predicted octanol–water partition coefficient (Wildman–Crippen LogP) is 2.38. The molecule has 1 unspecified atom stereocenters. The summed E-state index contributed by atoms with van der Waals surface area (Å²) >= 11 is 0. The van der Waals surface area contributed by atoms with Gasteiger partial charge in [-0.3, -0.25) is 4.98 Å². The van der Waals surface area contributed by atoms with Crippen LogP contribution in [0.3, 0.4) is 0 Å². The summed E-state index contributed by atoms with van der Waals surface area (Å²) < 4.78 is 1.88. The van der Waals surface area contributed by atoms with Gasteiger partial charge in [-0.25, -0.2) is 9.67 Å². The molecule has 0 aliphatic heterocycles. The second-order valence-corrected chi connectivity index (χ2v) is 5.17. The zero-order valence-corrected chi connectivity index (χ0v) is 12.7. The highest BCUT2D eigenvalue weighted by molar-refractivity contribution is 5.33. The minimum Gasteiger partial charge on any atom is -0.316 e. The van der Waals surface area contributed by atoms with Gasteiger partial charge < -0.3 is 5.32 Å². The number of nitrogens with one attached hydrogen (secondary N) is 1. The summed E-state index contributed by atoms with van der Waals surface area (Å²) in [6.45, 7) is 10.6. The van der Waals surface area contributed by atoms with E-state index in [1.807, 2.05) is 4.68 Å². The fraction of sp³-hybridized carbons (Fsp3) is 0.533. The second-order valence-electron chi connectivity index (χ2n) is 5.17. The molecular formula is C15H23N5. The van der Waals surface area contributed by atoms with Crippen molar-refractivity contribution in [1.29, 1.82) is 0 Å². The smallest absolute Gasteiger partial charge is 0.172 e. The van der Waals surface area contributed by atoms with Crippen molar-refractivity contribution in [2.24, 2.45) is 0 Å². The highest BCUT2D eigenvalue weighted by Gasteiger charge is 2.18. The summed E-state index contributed by atoms with van der Waals surface area (Å²) in [5.74, 6) is 1.21. The van der Waals surface area contributed by atoms with Crippen molar-refractivity contribution in [1.82, 2.24) is 25.1 Å². The van der Waals surface area contributed by atoms with Crippen LogP contribution in [0.25, 0.3) is 5.82 Å². The molecule has 2 aromatic heterocycles. The first-order chi connectivity index (χ1) is 9.65. The summed E-state index contributed by atoms with van der Waals surface area (Å²) in [6, 6.07) is 0. The maximum Gasteiger partial charge on any atom is 0.172 e. The fourth-order valence-electron chi connectivity index (χ4n) is 2.59. The van der Waals surface area contributed by atoms with Gasteiger partial charge in [-0.2, -0.15) is 5.10 Å². The van der Waals surface area contributed by atoms with Crippen LogP contribution in [0.5, 0.6) is 0 Å². The molecular weight excluding hydrogens is 250 g/mol. The van der Waals surface area contributed by atoms with Gasteiger partial charge in [0.2, 0.25) is 0 Å². The average molecular weight is 273 g/mol. The van der Waals surface area contributed by atoms with Gasteiger partial charge in [0.05, 0.1) is 11.9 Å². The van der Waals surface area contributed by atoms with E-state index in [9.17, 15) is 0 Å². The number of aryl methyl sites for hydroxylation is 1. The lowest BCUT2D eigenvalue weighted by Crippen LogP contribution is -2.21. The number of hydrogen-bond donors (Lipinski definition) is 1. The number of aromatic nitrogens is 4. The largest absolute Gasteiger partial charge is 0.316 e. The number of hydrogen-bond acceptors (Lipinski definition) is 4. The molecule has 0 aromatic carbocycles. The van der Waals surface area contributed by atoms with Gasteiger partial charge in [0.15, 0.2) is 5.82 Å². The first-order valence-corrected chi connectivity index (χ1v) is 7.18. The number of nitrogens with zero attached hydrogens (tertiary/aromatic N) is 4. The van der Waals surface area contributed by atoms with Gasteiger partial charge in [0.25, 0.3) is 0 Å². The van der Waals surface area contributed by atoms with Crippen LogP contribution < -0.4 is 5.32 Å². The molecule has 2 aromatic rings. The molecule has 2 heterocycles. The van der Waals surface area contributed by atoms with Crippen molar-refractivity contribution in [2.45, 2.75) is 40.0 Å². The van der Waals surface area contributed by atoms with Gasteiger partial charge >= 0.3 is 0 Å². The third-order valence-electron chi connectivity index (χ3n) is 3.48. The second kappa shape index (κ2) is 6.61. The van der Waals surface area contributed by atoms with Crippen LogP contribution in [-0.2, 0) is 0 Å². The van der Waals surface area contributed by atoms with Gasteiger partial charge in [-0.1, -0.05) is 13.8 Å². The SMILES string of the molecule is CCCNCC(C)c1c(C)nn(-c2cnccn2)c1C. The number of rotatable bonds is 6. The van der Waals surface area contributed by atoms with E-state index in [0.717, 1.165) is 36.7 Å². The third kappa shape index (κ3) is 3.04. The molecule has 5 heteroatoms. The Morgan fingerprint density at radius 2 is 2.10 bits per heavy atom. The molecule has 0 saturated carbocycles. The van der Waals surface area contributed by atoms with Gasteiger partial charge in [0, 0.05) is 30.2 Å². The molecule has 0 spiro atoms. The molecule has 0 saturated heterocycles. The molecule has 5 nitrogen and oxygen atoms in total. The molecule has 1 N–H and O–H groups in total. The van der Waals surface area contributed by atoms with Crippen LogP contribution in [0, 0.1) is 13.8 Å².